The van der Waals surface area contributed by atoms with Gasteiger partial charge in [0.1, 0.15) is 0 Å². The van der Waals surface area contributed by atoms with Gasteiger partial charge in [-0.25, -0.2) is 0 Å². The highest BCUT2D eigenvalue weighted by Gasteiger charge is 2.41. The smallest absolute Gasteiger partial charge is 0.0524 e. The number of rotatable bonds is 4. The molecule has 0 aromatic heterocycles. The molecule has 1 aromatic rings. The highest BCUT2D eigenvalue weighted by atomic mass is 15.2. The van der Waals surface area contributed by atoms with Crippen LogP contribution in [0.2, 0.25) is 0 Å². The van der Waals surface area contributed by atoms with Crippen molar-refractivity contribution >= 4 is 5.69 Å². The summed E-state index contributed by atoms with van der Waals surface area (Å²) in [6.07, 6.45) is 4.95. The van der Waals surface area contributed by atoms with Gasteiger partial charge in [-0.05, 0) is 56.6 Å². The molecule has 0 aliphatic heterocycles. The van der Waals surface area contributed by atoms with E-state index in [0.29, 0.717) is 5.41 Å². The van der Waals surface area contributed by atoms with Gasteiger partial charge >= 0.3 is 0 Å². The molecule has 2 nitrogen and oxygen atoms in total. The van der Waals surface area contributed by atoms with Gasteiger partial charge in [0.2, 0.25) is 0 Å². The van der Waals surface area contributed by atoms with Crippen molar-refractivity contribution in [2.24, 2.45) is 11.1 Å². The molecular weight excluding hydrogens is 244 g/mol. The number of para-hydroxylation sites is 1. The number of nitrogens with two attached hydrogens (primary N) is 1. The van der Waals surface area contributed by atoms with Gasteiger partial charge in [0, 0.05) is 18.8 Å². The lowest BCUT2D eigenvalue weighted by atomic mass is 9.68. The highest BCUT2D eigenvalue weighted by molar-refractivity contribution is 5.55. The molecular formula is C18H30N2. The normalized spacial score (nSPS) is 20.6. The van der Waals surface area contributed by atoms with Crippen LogP contribution in [0.3, 0.4) is 0 Å². The maximum atomic E-state index is 6.25. The van der Waals surface area contributed by atoms with Crippen LogP contribution in [0.25, 0.3) is 0 Å². The number of anilines is 1. The average molecular weight is 274 g/mol. The first-order valence-electron chi connectivity index (χ1n) is 7.97. The fraction of sp³-hybridized carbons (Fsp3) is 0.667. The Kier molecular flexibility index (Phi) is 4.43. The Balaban J connectivity index is 2.32. The van der Waals surface area contributed by atoms with Crippen molar-refractivity contribution in [2.45, 2.75) is 58.9 Å². The molecule has 1 saturated carbocycles. The zero-order valence-electron chi connectivity index (χ0n) is 13.6. The Bertz CT molecular complexity index is 440. The number of hydrogen-bond donors (Lipinski definition) is 1. The minimum absolute atomic E-state index is 0.149. The summed E-state index contributed by atoms with van der Waals surface area (Å²) >= 11 is 0. The maximum Gasteiger partial charge on any atom is 0.0524 e. The Morgan fingerprint density at radius 3 is 2.20 bits per heavy atom. The van der Waals surface area contributed by atoms with Crippen LogP contribution in [0.1, 0.15) is 52.0 Å². The molecule has 2 rings (SSSR count). The molecule has 112 valence electrons. The van der Waals surface area contributed by atoms with E-state index in [9.17, 15) is 0 Å². The van der Waals surface area contributed by atoms with Crippen LogP contribution in [-0.4, -0.2) is 18.6 Å². The molecule has 0 spiro atoms. The third-order valence-corrected chi connectivity index (χ3v) is 5.21. The predicted octanol–water partition coefficient (Wildman–Crippen LogP) is 4.12. The first kappa shape index (κ1) is 15.4. The zero-order chi connectivity index (χ0) is 14.8. The first-order valence-corrected chi connectivity index (χ1v) is 7.97. The molecule has 0 bridgehead atoms. The quantitative estimate of drug-likeness (QED) is 0.895. The number of likely N-dealkylation sites (N-methyl/N-ethyl adjacent to an activating group) is 1. The Labute approximate surface area is 124 Å². The molecule has 2 heteroatoms. The molecule has 0 radical (unpaired) electrons. The van der Waals surface area contributed by atoms with E-state index in [1.807, 2.05) is 0 Å². The van der Waals surface area contributed by atoms with Crippen molar-refractivity contribution < 1.29 is 0 Å². The molecule has 1 aliphatic carbocycles. The summed E-state index contributed by atoms with van der Waals surface area (Å²) < 4.78 is 0. The molecule has 0 heterocycles. The van der Waals surface area contributed by atoms with Gasteiger partial charge in [0.05, 0.1) is 5.54 Å². The van der Waals surface area contributed by atoms with Gasteiger partial charge in [-0.2, -0.15) is 0 Å². The molecule has 0 amide bonds. The van der Waals surface area contributed by atoms with E-state index in [1.54, 1.807) is 0 Å². The van der Waals surface area contributed by atoms with E-state index < -0.39 is 0 Å². The second-order valence-corrected chi connectivity index (χ2v) is 7.12. The number of aryl methyl sites for hydroxylation is 1. The van der Waals surface area contributed by atoms with E-state index in [0.717, 1.165) is 13.1 Å². The number of nitrogens with zero attached hydrogens (tertiary/aromatic N) is 1. The minimum Gasteiger partial charge on any atom is -0.365 e. The Morgan fingerprint density at radius 2 is 1.70 bits per heavy atom. The third kappa shape index (κ3) is 2.85. The van der Waals surface area contributed by atoms with Crippen LogP contribution in [0.5, 0.6) is 0 Å². The van der Waals surface area contributed by atoms with Crippen molar-refractivity contribution in [3.8, 4) is 0 Å². The van der Waals surface area contributed by atoms with Gasteiger partial charge in [-0.1, -0.05) is 32.0 Å². The predicted molar refractivity (Wildman–Crippen MR) is 88.2 cm³/mol. The molecule has 0 atom stereocenters. The SMILES string of the molecule is CCN(c1ccccc1C)C1(CN)CCC(C)(C)CC1. The fourth-order valence-electron chi connectivity index (χ4n) is 3.60. The Morgan fingerprint density at radius 1 is 1.10 bits per heavy atom. The minimum atomic E-state index is 0.149. The summed E-state index contributed by atoms with van der Waals surface area (Å²) in [5, 5.41) is 0. The molecule has 1 fully saturated rings. The molecule has 0 saturated heterocycles. The summed E-state index contributed by atoms with van der Waals surface area (Å²) in [5.74, 6) is 0. The van der Waals surface area contributed by atoms with Crippen LogP contribution in [0, 0.1) is 12.3 Å². The van der Waals surface area contributed by atoms with Crippen LogP contribution in [0.15, 0.2) is 24.3 Å². The van der Waals surface area contributed by atoms with E-state index in [4.69, 9.17) is 5.73 Å². The number of benzene rings is 1. The summed E-state index contributed by atoms with van der Waals surface area (Å²) in [5.41, 5.74) is 9.59. The van der Waals surface area contributed by atoms with E-state index in [-0.39, 0.29) is 5.54 Å². The van der Waals surface area contributed by atoms with E-state index >= 15 is 0 Å². The summed E-state index contributed by atoms with van der Waals surface area (Å²) in [4.78, 5) is 2.57. The van der Waals surface area contributed by atoms with Crippen molar-refractivity contribution in [3.05, 3.63) is 29.8 Å². The monoisotopic (exact) mass is 274 g/mol. The van der Waals surface area contributed by atoms with Crippen molar-refractivity contribution in [3.63, 3.8) is 0 Å². The van der Waals surface area contributed by atoms with Crippen LogP contribution in [0.4, 0.5) is 5.69 Å². The molecule has 2 N–H and O–H groups in total. The summed E-state index contributed by atoms with van der Waals surface area (Å²) in [7, 11) is 0. The van der Waals surface area contributed by atoms with Gasteiger partial charge in [-0.3, -0.25) is 0 Å². The largest absolute Gasteiger partial charge is 0.365 e. The summed E-state index contributed by atoms with van der Waals surface area (Å²) in [6, 6.07) is 8.71. The van der Waals surface area contributed by atoms with Gasteiger partial charge < -0.3 is 10.6 Å². The van der Waals surface area contributed by atoms with Crippen LogP contribution < -0.4 is 10.6 Å². The molecule has 1 aliphatic rings. The van der Waals surface area contributed by atoms with Crippen molar-refractivity contribution in [2.75, 3.05) is 18.0 Å². The van der Waals surface area contributed by atoms with Gasteiger partial charge in [-0.15, -0.1) is 0 Å². The second-order valence-electron chi connectivity index (χ2n) is 7.12. The lowest BCUT2D eigenvalue weighted by Gasteiger charge is -2.51. The van der Waals surface area contributed by atoms with Crippen LogP contribution >= 0.6 is 0 Å². The Hall–Kier alpha value is -1.02. The average Bonchev–Trinajstić information content (AvgIpc) is 2.44. The fourth-order valence-corrected chi connectivity index (χ4v) is 3.60. The van der Waals surface area contributed by atoms with Crippen molar-refractivity contribution in [1.29, 1.82) is 0 Å². The maximum absolute atomic E-state index is 6.25. The van der Waals surface area contributed by atoms with Gasteiger partial charge in [0.15, 0.2) is 0 Å². The first-order chi connectivity index (χ1) is 9.44. The van der Waals surface area contributed by atoms with Crippen molar-refractivity contribution in [1.82, 2.24) is 0 Å². The third-order valence-electron chi connectivity index (χ3n) is 5.21. The number of hydrogen-bond acceptors (Lipinski definition) is 2. The van der Waals surface area contributed by atoms with E-state index in [1.165, 1.54) is 36.9 Å². The topological polar surface area (TPSA) is 29.3 Å². The molecule has 0 unspecified atom stereocenters. The lowest BCUT2D eigenvalue weighted by molar-refractivity contribution is 0.162. The standard InChI is InChI=1S/C18H30N2/c1-5-20(16-9-7-6-8-15(16)2)18(14-19)12-10-17(3,4)11-13-18/h6-9H,5,10-14,19H2,1-4H3. The molecule has 20 heavy (non-hydrogen) atoms. The highest BCUT2D eigenvalue weighted by Crippen LogP contribution is 2.44. The lowest BCUT2D eigenvalue weighted by Crippen LogP contribution is -2.57. The zero-order valence-corrected chi connectivity index (χ0v) is 13.6. The second kappa shape index (κ2) is 5.77. The summed E-state index contributed by atoms with van der Waals surface area (Å²) in [6.45, 7) is 11.0. The van der Waals surface area contributed by atoms with Crippen LogP contribution in [-0.2, 0) is 0 Å². The van der Waals surface area contributed by atoms with Gasteiger partial charge in [0.25, 0.3) is 0 Å². The molecule has 1 aromatic carbocycles. The van der Waals surface area contributed by atoms with E-state index in [2.05, 4.69) is 56.9 Å².